The number of phenolic OH excluding ortho intramolecular Hbond substituents is 1. The van der Waals surface area contributed by atoms with Crippen molar-refractivity contribution in [3.63, 3.8) is 0 Å². The number of benzene rings is 3. The summed E-state index contributed by atoms with van der Waals surface area (Å²) in [6, 6.07) is 17.8. The van der Waals surface area contributed by atoms with E-state index in [-0.39, 0.29) is 22.7 Å². The average molecular weight is 449 g/mol. The number of hydrogen-bond acceptors (Lipinski definition) is 6. The summed E-state index contributed by atoms with van der Waals surface area (Å²) in [5, 5.41) is 30.1. The first-order chi connectivity index (χ1) is 15.3. The molecule has 9 heteroatoms. The van der Waals surface area contributed by atoms with Crippen LogP contribution in [0, 0.1) is 0 Å². The average Bonchev–Trinajstić information content (AvgIpc) is 3.07. The van der Waals surface area contributed by atoms with Gasteiger partial charge in [0, 0.05) is 10.6 Å². The molecule has 8 nitrogen and oxygen atoms in total. The Morgan fingerprint density at radius 3 is 2.53 bits per heavy atom. The van der Waals surface area contributed by atoms with Gasteiger partial charge in [0.25, 0.3) is 0 Å². The molecule has 4 rings (SSSR count). The summed E-state index contributed by atoms with van der Waals surface area (Å²) < 4.78 is 0. The smallest absolute Gasteiger partial charge is 0.335 e. The number of nitrogens with one attached hydrogen (secondary N) is 1. The van der Waals surface area contributed by atoms with E-state index in [0.717, 1.165) is 0 Å². The van der Waals surface area contributed by atoms with Gasteiger partial charge >= 0.3 is 11.9 Å². The molecule has 0 spiro atoms. The van der Waals surface area contributed by atoms with Crippen molar-refractivity contribution >= 4 is 46.3 Å². The van der Waals surface area contributed by atoms with Gasteiger partial charge in [0.15, 0.2) is 5.71 Å². The first-order valence-electron chi connectivity index (χ1n) is 9.50. The quantitative estimate of drug-likeness (QED) is 0.389. The van der Waals surface area contributed by atoms with E-state index in [9.17, 15) is 19.8 Å². The van der Waals surface area contributed by atoms with Crippen LogP contribution in [-0.4, -0.2) is 33.5 Å². The van der Waals surface area contributed by atoms with E-state index in [1.165, 1.54) is 17.1 Å². The minimum absolute atomic E-state index is 0.0950. The fraction of sp³-hybridized carbons (Fsp3) is 0.0435. The monoisotopic (exact) mass is 448 g/mol. The molecule has 0 unspecified atom stereocenters. The van der Waals surface area contributed by atoms with Crippen LogP contribution in [0.3, 0.4) is 0 Å². The molecular weight excluding hydrogens is 432 g/mol. The molecule has 1 aliphatic rings. The maximum absolute atomic E-state index is 12.8. The van der Waals surface area contributed by atoms with E-state index in [1.54, 1.807) is 61.5 Å². The number of carboxylic acid groups (broad SMARTS) is 1. The molecule has 0 aliphatic carbocycles. The highest BCUT2D eigenvalue weighted by molar-refractivity contribution is 6.71. The molecule has 32 heavy (non-hydrogen) atoms. The molecular formula is C23H17ClN4O4. The minimum atomic E-state index is -1.06. The van der Waals surface area contributed by atoms with Crippen molar-refractivity contribution in [2.24, 2.45) is 10.2 Å². The topological polar surface area (TPSA) is 115 Å². The lowest BCUT2D eigenvalue weighted by atomic mass is 10.0. The third-order valence-electron chi connectivity index (χ3n) is 4.80. The number of carbonyl (C=O) groups excluding carboxylic acids is 1. The number of aromatic hydroxyl groups is 1. The van der Waals surface area contributed by atoms with Crippen LogP contribution in [0.15, 0.2) is 76.9 Å². The van der Waals surface area contributed by atoms with Gasteiger partial charge in [-0.3, -0.25) is 10.2 Å². The highest BCUT2D eigenvalue weighted by Gasteiger charge is 2.30. The van der Waals surface area contributed by atoms with Crippen LogP contribution in [0.5, 0.6) is 5.75 Å². The molecule has 0 radical (unpaired) electrons. The van der Waals surface area contributed by atoms with E-state index in [1.807, 2.05) is 0 Å². The molecule has 1 aliphatic heterocycles. The molecule has 0 atom stereocenters. The number of halogens is 1. The van der Waals surface area contributed by atoms with Gasteiger partial charge < -0.3 is 10.2 Å². The third kappa shape index (κ3) is 4.03. The van der Waals surface area contributed by atoms with Crippen LogP contribution in [0.4, 0.5) is 11.4 Å². The summed E-state index contributed by atoms with van der Waals surface area (Å²) in [5.41, 5.74) is 5.07. The predicted octanol–water partition coefficient (Wildman–Crippen LogP) is 4.60. The van der Waals surface area contributed by atoms with Crippen LogP contribution in [0.1, 0.15) is 17.3 Å². The number of para-hydroxylation sites is 1. The number of carbonyl (C=O) groups is 2. The highest BCUT2D eigenvalue weighted by Crippen LogP contribution is 2.36. The van der Waals surface area contributed by atoms with Crippen molar-refractivity contribution < 1.29 is 19.8 Å². The number of anilines is 2. The van der Waals surface area contributed by atoms with Crippen molar-refractivity contribution in [2.45, 2.75) is 6.92 Å². The normalized spacial score (nSPS) is 14.6. The first-order valence-corrected chi connectivity index (χ1v) is 9.88. The van der Waals surface area contributed by atoms with E-state index in [0.29, 0.717) is 27.5 Å². The maximum Gasteiger partial charge on any atom is 0.335 e. The van der Waals surface area contributed by atoms with Gasteiger partial charge in [0.1, 0.15) is 5.75 Å². The Balaban J connectivity index is 1.60. The summed E-state index contributed by atoms with van der Waals surface area (Å²) in [6.45, 7) is 1.65. The van der Waals surface area contributed by atoms with E-state index in [4.69, 9.17) is 11.6 Å². The van der Waals surface area contributed by atoms with Crippen LogP contribution in [-0.2, 0) is 4.79 Å². The van der Waals surface area contributed by atoms with Crippen LogP contribution in [0.2, 0.25) is 5.02 Å². The van der Waals surface area contributed by atoms with Crippen LogP contribution in [0.25, 0.3) is 11.1 Å². The lowest BCUT2D eigenvalue weighted by molar-refractivity contribution is -0.112. The zero-order chi connectivity index (χ0) is 22.8. The molecule has 0 bridgehead atoms. The fourth-order valence-corrected chi connectivity index (χ4v) is 3.31. The lowest BCUT2D eigenvalue weighted by Gasteiger charge is -2.12. The van der Waals surface area contributed by atoms with Gasteiger partial charge in [0.2, 0.25) is 0 Å². The minimum Gasteiger partial charge on any atom is -0.505 e. The lowest BCUT2D eigenvalue weighted by Crippen LogP contribution is -2.27. The van der Waals surface area contributed by atoms with Crippen molar-refractivity contribution in [2.75, 3.05) is 10.4 Å². The SMILES string of the molecule is CC1=NN(c2ccc(Cl)cc2)C(=O)C1=NNc1cccc(-c2cccc(C(=O)O)c2)c1O. The van der Waals surface area contributed by atoms with E-state index in [2.05, 4.69) is 15.6 Å². The van der Waals surface area contributed by atoms with Crippen LogP contribution < -0.4 is 10.4 Å². The molecule has 1 heterocycles. The van der Waals surface area contributed by atoms with E-state index >= 15 is 0 Å². The summed E-state index contributed by atoms with van der Waals surface area (Å²) in [4.78, 5) is 24.0. The van der Waals surface area contributed by atoms with Gasteiger partial charge in [-0.2, -0.15) is 15.2 Å². The second kappa shape index (κ2) is 8.52. The Morgan fingerprint density at radius 1 is 1.09 bits per heavy atom. The Labute approximate surface area is 188 Å². The van der Waals surface area contributed by atoms with Gasteiger partial charge in [0.05, 0.1) is 22.6 Å². The van der Waals surface area contributed by atoms with Crippen molar-refractivity contribution in [1.29, 1.82) is 0 Å². The van der Waals surface area contributed by atoms with Gasteiger partial charge in [-0.15, -0.1) is 0 Å². The second-order valence-electron chi connectivity index (χ2n) is 6.94. The Bertz CT molecular complexity index is 1290. The molecule has 3 aromatic rings. The fourth-order valence-electron chi connectivity index (χ4n) is 3.19. The van der Waals surface area contributed by atoms with Gasteiger partial charge in [-0.05, 0) is 55.0 Å². The van der Waals surface area contributed by atoms with Gasteiger partial charge in [-0.1, -0.05) is 35.9 Å². The number of carboxylic acids is 1. The molecule has 1 amide bonds. The van der Waals surface area contributed by atoms with Crippen molar-refractivity contribution in [1.82, 2.24) is 0 Å². The summed E-state index contributed by atoms with van der Waals surface area (Å²) >= 11 is 5.90. The van der Waals surface area contributed by atoms with Crippen LogP contribution >= 0.6 is 11.6 Å². The number of nitrogens with zero attached hydrogens (tertiary/aromatic N) is 3. The van der Waals surface area contributed by atoms with E-state index < -0.39 is 11.9 Å². The number of amides is 1. The summed E-state index contributed by atoms with van der Waals surface area (Å²) in [5.74, 6) is -1.62. The molecule has 0 fully saturated rings. The summed E-state index contributed by atoms with van der Waals surface area (Å²) in [6.07, 6.45) is 0. The second-order valence-corrected chi connectivity index (χ2v) is 7.38. The highest BCUT2D eigenvalue weighted by atomic mass is 35.5. The largest absolute Gasteiger partial charge is 0.505 e. The van der Waals surface area contributed by atoms with Crippen molar-refractivity contribution in [3.05, 3.63) is 77.3 Å². The predicted molar refractivity (Wildman–Crippen MR) is 124 cm³/mol. The summed E-state index contributed by atoms with van der Waals surface area (Å²) in [7, 11) is 0. The number of hydrazone groups is 2. The molecule has 0 saturated carbocycles. The maximum atomic E-state index is 12.8. The Hall–Kier alpha value is -4.17. The molecule has 0 aromatic heterocycles. The molecule has 0 saturated heterocycles. The van der Waals surface area contributed by atoms with Gasteiger partial charge in [-0.25, -0.2) is 4.79 Å². The number of hydrogen-bond donors (Lipinski definition) is 3. The third-order valence-corrected chi connectivity index (χ3v) is 5.06. The molecule has 3 aromatic carbocycles. The zero-order valence-corrected chi connectivity index (χ0v) is 17.5. The number of phenols is 1. The first kappa shape index (κ1) is 21.1. The number of aromatic carboxylic acids is 1. The zero-order valence-electron chi connectivity index (χ0n) is 16.8. The molecule has 3 N–H and O–H groups in total. The standard InChI is InChI=1S/C23H17ClN4O4/c1-13-20(22(30)28(27-13)17-10-8-16(24)9-11-17)26-25-19-7-3-6-18(21(19)29)14-4-2-5-15(12-14)23(31)32/h2-12,25,29H,1H3,(H,31,32). The van der Waals surface area contributed by atoms with Crippen molar-refractivity contribution in [3.8, 4) is 16.9 Å². The Morgan fingerprint density at radius 2 is 1.81 bits per heavy atom. The number of rotatable bonds is 5. The Kier molecular flexibility index (Phi) is 5.61. The molecule has 160 valence electrons.